The number of nitrogens with zero attached hydrogens (tertiary/aromatic N) is 3. The number of rotatable bonds is 4. The van der Waals surface area contributed by atoms with Crippen molar-refractivity contribution < 1.29 is 0 Å². The maximum atomic E-state index is 4.71. The molecule has 5 rings (SSSR count). The molecule has 0 spiro atoms. The van der Waals surface area contributed by atoms with Crippen LogP contribution in [-0.2, 0) is 0 Å². The monoisotopic (exact) mass is 370 g/mol. The average molecular weight is 370 g/mol. The molecule has 8 heteroatoms. The third-order valence-electron chi connectivity index (χ3n) is 4.31. The first-order valence-corrected chi connectivity index (χ1v) is 9.42. The lowest BCUT2D eigenvalue weighted by Crippen LogP contribution is -2.03. The van der Waals surface area contributed by atoms with Gasteiger partial charge in [-0.3, -0.25) is 5.10 Å². The number of thiophene rings is 1. The van der Waals surface area contributed by atoms with Crippen LogP contribution in [0.2, 0.25) is 0 Å². The van der Waals surface area contributed by atoms with Gasteiger partial charge in [0.2, 0.25) is 5.95 Å². The van der Waals surface area contributed by atoms with Gasteiger partial charge in [0, 0.05) is 16.8 Å². The molecule has 27 heavy (non-hydrogen) atoms. The summed E-state index contributed by atoms with van der Waals surface area (Å²) >= 11 is 1.62. The molecule has 0 aliphatic carbocycles. The zero-order valence-corrected chi connectivity index (χ0v) is 15.3. The zero-order chi connectivity index (χ0) is 18.2. The fourth-order valence-electron chi connectivity index (χ4n) is 2.93. The fraction of sp³-hybridized carbons (Fsp3) is 0. The Hall–Kier alpha value is -3.39. The van der Waals surface area contributed by atoms with E-state index in [9.17, 15) is 0 Å². The number of aromatic amines is 1. The summed E-state index contributed by atoms with van der Waals surface area (Å²) in [5.41, 5.74) is 5.05. The summed E-state index contributed by atoms with van der Waals surface area (Å²) in [6, 6.07) is 16.2. The Balaban J connectivity index is 1.52. The van der Waals surface area contributed by atoms with Gasteiger partial charge < -0.3 is 10.6 Å². The topological polar surface area (TPSA) is 78.5 Å². The SMILES string of the molecule is Bc1ccc(Nc2nc(Nc3ccc4[nH]ncc4c3)c3sccc3n2)cc1. The number of fused-ring (bicyclic) bond motifs is 2. The van der Waals surface area contributed by atoms with Crippen LogP contribution in [0.15, 0.2) is 60.1 Å². The van der Waals surface area contributed by atoms with Crippen LogP contribution < -0.4 is 16.1 Å². The van der Waals surface area contributed by atoms with Gasteiger partial charge in [0.05, 0.1) is 21.9 Å². The van der Waals surface area contributed by atoms with Crippen molar-refractivity contribution in [2.45, 2.75) is 0 Å². The number of nitrogens with one attached hydrogen (secondary N) is 3. The predicted octanol–water partition coefficient (Wildman–Crippen LogP) is 3.31. The number of hydrogen-bond donors (Lipinski definition) is 3. The molecule has 0 bridgehead atoms. The quantitative estimate of drug-likeness (QED) is 0.423. The summed E-state index contributed by atoms with van der Waals surface area (Å²) < 4.78 is 1.02. The second-order valence-corrected chi connectivity index (χ2v) is 7.23. The van der Waals surface area contributed by atoms with Crippen LogP contribution in [0.5, 0.6) is 0 Å². The van der Waals surface area contributed by atoms with Crippen molar-refractivity contribution in [3.8, 4) is 0 Å². The Bertz CT molecular complexity index is 1240. The minimum atomic E-state index is 0.566. The van der Waals surface area contributed by atoms with E-state index in [0.717, 1.165) is 38.3 Å². The van der Waals surface area contributed by atoms with Gasteiger partial charge in [-0.2, -0.15) is 10.1 Å². The van der Waals surface area contributed by atoms with E-state index in [1.165, 1.54) is 5.46 Å². The molecule has 0 unspecified atom stereocenters. The molecule has 0 saturated carbocycles. The molecular weight excluding hydrogens is 355 g/mol. The van der Waals surface area contributed by atoms with Crippen LogP contribution in [0.3, 0.4) is 0 Å². The molecule has 0 aliphatic rings. The van der Waals surface area contributed by atoms with Gasteiger partial charge in [-0.05, 0) is 41.8 Å². The van der Waals surface area contributed by atoms with Crippen molar-refractivity contribution in [1.29, 1.82) is 0 Å². The molecule has 0 aliphatic heterocycles. The maximum absolute atomic E-state index is 4.71. The summed E-state index contributed by atoms with van der Waals surface area (Å²) in [6.45, 7) is 0. The van der Waals surface area contributed by atoms with Crippen molar-refractivity contribution in [1.82, 2.24) is 20.2 Å². The van der Waals surface area contributed by atoms with Crippen LogP contribution in [0.1, 0.15) is 0 Å². The van der Waals surface area contributed by atoms with Crippen molar-refractivity contribution in [3.63, 3.8) is 0 Å². The molecule has 0 atom stereocenters. The molecule has 0 amide bonds. The van der Waals surface area contributed by atoms with Gasteiger partial charge in [0.1, 0.15) is 7.85 Å². The molecular formula is C19H15BN6S. The molecule has 0 saturated heterocycles. The second-order valence-electron chi connectivity index (χ2n) is 6.32. The Morgan fingerprint density at radius 3 is 2.67 bits per heavy atom. The molecule has 0 fully saturated rings. The van der Waals surface area contributed by atoms with Gasteiger partial charge in [0.15, 0.2) is 5.82 Å². The number of benzene rings is 2. The molecule has 2 aromatic carbocycles. The summed E-state index contributed by atoms with van der Waals surface area (Å²) in [6.07, 6.45) is 1.81. The standard InChI is InChI=1S/C19H15BN6S/c20-12-1-3-13(4-2-12)23-19-24-16-7-8-27-17(16)18(25-19)22-14-5-6-15-11(9-14)10-21-26-15/h1-10H,20H2,(H,21,26)(H2,22,23,24,25). The highest BCUT2D eigenvalue weighted by molar-refractivity contribution is 7.17. The van der Waals surface area contributed by atoms with Crippen LogP contribution in [0, 0.1) is 0 Å². The normalized spacial score (nSPS) is 11.1. The van der Waals surface area contributed by atoms with E-state index in [4.69, 9.17) is 4.98 Å². The minimum Gasteiger partial charge on any atom is -0.339 e. The lowest BCUT2D eigenvalue weighted by atomic mass is 9.96. The third kappa shape index (κ3) is 3.11. The Morgan fingerprint density at radius 1 is 0.926 bits per heavy atom. The van der Waals surface area contributed by atoms with Crippen molar-refractivity contribution in [2.24, 2.45) is 0 Å². The molecule has 3 aromatic heterocycles. The van der Waals surface area contributed by atoms with Crippen molar-refractivity contribution in [3.05, 3.63) is 60.1 Å². The summed E-state index contributed by atoms with van der Waals surface area (Å²) in [7, 11) is 2.07. The minimum absolute atomic E-state index is 0.566. The fourth-order valence-corrected chi connectivity index (χ4v) is 3.70. The van der Waals surface area contributed by atoms with Crippen LogP contribution in [0.4, 0.5) is 23.1 Å². The van der Waals surface area contributed by atoms with E-state index >= 15 is 0 Å². The van der Waals surface area contributed by atoms with Gasteiger partial charge >= 0.3 is 0 Å². The van der Waals surface area contributed by atoms with Gasteiger partial charge in [-0.25, -0.2) is 4.98 Å². The lowest BCUT2D eigenvalue weighted by Gasteiger charge is -2.10. The van der Waals surface area contributed by atoms with Crippen molar-refractivity contribution in [2.75, 3.05) is 10.6 Å². The Labute approximate surface area is 160 Å². The number of H-pyrrole nitrogens is 1. The molecule has 3 heterocycles. The summed E-state index contributed by atoms with van der Waals surface area (Å²) in [4.78, 5) is 9.34. The van der Waals surface area contributed by atoms with Crippen LogP contribution >= 0.6 is 11.3 Å². The van der Waals surface area contributed by atoms with E-state index in [0.29, 0.717) is 5.95 Å². The highest BCUT2D eigenvalue weighted by Gasteiger charge is 2.10. The largest absolute Gasteiger partial charge is 0.339 e. The highest BCUT2D eigenvalue weighted by Crippen LogP contribution is 2.31. The molecule has 0 radical (unpaired) electrons. The Kier molecular flexibility index (Phi) is 3.76. The van der Waals surface area contributed by atoms with Crippen LogP contribution in [0.25, 0.3) is 21.1 Å². The summed E-state index contributed by atoms with van der Waals surface area (Å²) in [5, 5.41) is 16.8. The van der Waals surface area contributed by atoms with Crippen LogP contribution in [-0.4, -0.2) is 28.0 Å². The first-order chi connectivity index (χ1) is 13.2. The third-order valence-corrected chi connectivity index (χ3v) is 5.22. The van der Waals surface area contributed by atoms with Crippen molar-refractivity contribution >= 4 is 68.9 Å². The van der Waals surface area contributed by atoms with E-state index in [1.807, 2.05) is 48.0 Å². The zero-order valence-electron chi connectivity index (χ0n) is 14.5. The van der Waals surface area contributed by atoms with E-state index in [1.54, 1.807) is 11.3 Å². The Morgan fingerprint density at radius 2 is 1.78 bits per heavy atom. The number of hydrogen-bond acceptors (Lipinski definition) is 6. The lowest BCUT2D eigenvalue weighted by molar-refractivity contribution is 1.12. The van der Waals surface area contributed by atoms with Gasteiger partial charge in [-0.15, -0.1) is 11.3 Å². The van der Waals surface area contributed by atoms with E-state index in [-0.39, 0.29) is 0 Å². The first-order valence-electron chi connectivity index (χ1n) is 8.54. The van der Waals surface area contributed by atoms with Gasteiger partial charge in [0.25, 0.3) is 0 Å². The number of anilines is 4. The molecule has 5 aromatic rings. The molecule has 3 N–H and O–H groups in total. The first kappa shape index (κ1) is 15.8. The predicted molar refractivity (Wildman–Crippen MR) is 115 cm³/mol. The summed E-state index contributed by atoms with van der Waals surface area (Å²) in [5.74, 6) is 1.35. The van der Waals surface area contributed by atoms with E-state index in [2.05, 4.69) is 45.8 Å². The second kappa shape index (κ2) is 6.41. The number of aromatic nitrogens is 4. The maximum Gasteiger partial charge on any atom is 0.229 e. The average Bonchev–Trinajstić information content (AvgIpc) is 3.32. The van der Waals surface area contributed by atoms with Gasteiger partial charge in [-0.1, -0.05) is 17.6 Å². The smallest absolute Gasteiger partial charge is 0.229 e. The molecule has 6 nitrogen and oxygen atoms in total. The molecule has 130 valence electrons. The van der Waals surface area contributed by atoms with E-state index < -0.39 is 0 Å². The highest BCUT2D eigenvalue weighted by atomic mass is 32.1.